The normalized spacial score (nSPS) is 12.8. The first kappa shape index (κ1) is 28.2. The van der Waals surface area contributed by atoms with Gasteiger partial charge in [-0.15, -0.1) is 11.3 Å². The lowest BCUT2D eigenvalue weighted by Crippen LogP contribution is -2.33. The number of allylic oxidation sites excluding steroid dienone is 1. The summed E-state index contributed by atoms with van der Waals surface area (Å²) in [6.45, 7) is 4.25. The Morgan fingerprint density at radius 1 is 1.21 bits per heavy atom. The maximum Gasteiger partial charge on any atom is 0.247 e. The first-order valence-corrected chi connectivity index (χ1v) is 14.7. The molecule has 43 heavy (non-hydrogen) atoms. The molecule has 1 amide bonds. The van der Waals surface area contributed by atoms with Crippen LogP contribution >= 0.6 is 11.3 Å². The van der Waals surface area contributed by atoms with E-state index in [1.165, 1.54) is 17.7 Å². The monoisotopic (exact) mass is 595 g/mol. The molecule has 3 heterocycles. The number of nitrogens with zero attached hydrogens (tertiary/aromatic N) is 5. The van der Waals surface area contributed by atoms with Crippen LogP contribution in [0.2, 0.25) is 0 Å². The summed E-state index contributed by atoms with van der Waals surface area (Å²) >= 11 is 1.61. The van der Waals surface area contributed by atoms with Crippen molar-refractivity contribution < 1.29 is 13.9 Å². The van der Waals surface area contributed by atoms with Gasteiger partial charge in [0.15, 0.2) is 0 Å². The van der Waals surface area contributed by atoms with Crippen molar-refractivity contribution in [3.8, 4) is 16.2 Å². The smallest absolute Gasteiger partial charge is 0.247 e. The molecular weight excluding hydrogens is 565 g/mol. The van der Waals surface area contributed by atoms with Crippen molar-refractivity contribution in [2.24, 2.45) is 4.99 Å². The molecular formula is C32H30FN7O2S. The van der Waals surface area contributed by atoms with Gasteiger partial charge >= 0.3 is 0 Å². The lowest BCUT2D eigenvalue weighted by Gasteiger charge is -2.16. The number of amidine groups is 1. The van der Waals surface area contributed by atoms with Crippen molar-refractivity contribution in [3.63, 3.8) is 0 Å². The molecule has 0 saturated carbocycles. The van der Waals surface area contributed by atoms with E-state index in [4.69, 9.17) is 4.74 Å². The van der Waals surface area contributed by atoms with Crippen LogP contribution in [0.15, 0.2) is 72.1 Å². The van der Waals surface area contributed by atoms with Crippen molar-refractivity contribution in [2.75, 3.05) is 12.4 Å². The molecule has 1 aliphatic rings. The predicted octanol–water partition coefficient (Wildman–Crippen LogP) is 6.14. The summed E-state index contributed by atoms with van der Waals surface area (Å²) < 4.78 is 21.2. The van der Waals surface area contributed by atoms with E-state index in [0.29, 0.717) is 5.84 Å². The fraction of sp³-hybridized carbons (Fsp3) is 0.219. The van der Waals surface area contributed by atoms with Gasteiger partial charge in [-0.25, -0.2) is 14.4 Å². The van der Waals surface area contributed by atoms with Gasteiger partial charge in [0.1, 0.15) is 47.5 Å². The highest BCUT2D eigenvalue weighted by molar-refractivity contribution is 7.22. The first-order valence-electron chi connectivity index (χ1n) is 13.9. The number of aryl methyl sites for hydroxylation is 2. The number of amides is 1. The van der Waals surface area contributed by atoms with Crippen molar-refractivity contribution in [3.05, 3.63) is 95.3 Å². The van der Waals surface area contributed by atoms with Crippen LogP contribution in [-0.2, 0) is 30.8 Å². The number of aliphatic imine (C=N–C) groups is 1. The SMILES string of the molecule is C/C=C\C(=NC)NC(=O)Cn1ncc2c1CCc1c-2sc2ncnc(Nc3ccc(OCc4cccc(F)c4)c(C)c3)c12. The Bertz CT molecular complexity index is 1890. The molecule has 0 spiro atoms. The second-order valence-corrected chi connectivity index (χ2v) is 11.2. The average molecular weight is 596 g/mol. The van der Waals surface area contributed by atoms with Crippen molar-refractivity contribution in [2.45, 2.75) is 39.8 Å². The minimum atomic E-state index is -0.279. The van der Waals surface area contributed by atoms with Crippen molar-refractivity contribution in [1.82, 2.24) is 25.1 Å². The zero-order valence-electron chi connectivity index (χ0n) is 24.0. The van der Waals surface area contributed by atoms with Crippen LogP contribution in [0.25, 0.3) is 20.7 Å². The number of halogens is 1. The minimum absolute atomic E-state index is 0.111. The highest BCUT2D eigenvalue weighted by Gasteiger charge is 2.27. The highest BCUT2D eigenvalue weighted by Crippen LogP contribution is 2.45. The molecule has 1 aliphatic carbocycles. The molecule has 218 valence electrons. The minimum Gasteiger partial charge on any atom is -0.489 e. The van der Waals surface area contributed by atoms with E-state index in [2.05, 4.69) is 30.7 Å². The molecule has 11 heteroatoms. The standard InChI is InChI=1S/C32H30FN7O2S/c1-4-6-27(34-3)39-28(41)16-40-25-11-10-23-29-31(35-18-36-32(29)43-30(23)24(25)15-37-40)38-22-9-12-26(19(2)13-22)42-17-20-7-5-8-21(33)14-20/h4-9,12-15,18H,10-11,16-17H2,1-3H3,(H,34,39,41)(H,35,36,38)/b6-4-. The quantitative estimate of drug-likeness (QED) is 0.165. The van der Waals surface area contributed by atoms with Crippen LogP contribution in [-0.4, -0.2) is 38.5 Å². The maximum atomic E-state index is 13.5. The Hall–Kier alpha value is -4.90. The Morgan fingerprint density at radius 3 is 2.88 bits per heavy atom. The fourth-order valence-electron chi connectivity index (χ4n) is 5.25. The molecule has 0 unspecified atom stereocenters. The predicted molar refractivity (Wildman–Crippen MR) is 168 cm³/mol. The molecule has 9 nitrogen and oxygen atoms in total. The first-order chi connectivity index (χ1) is 20.9. The number of nitrogens with one attached hydrogen (secondary N) is 2. The third-order valence-electron chi connectivity index (χ3n) is 7.24. The number of hydrogen-bond donors (Lipinski definition) is 2. The number of benzene rings is 2. The molecule has 3 aromatic heterocycles. The van der Waals surface area contributed by atoms with Gasteiger partial charge in [-0.05, 0) is 79.8 Å². The van der Waals surface area contributed by atoms with E-state index in [9.17, 15) is 9.18 Å². The Labute approximate surface area is 252 Å². The van der Waals surface area contributed by atoms with Gasteiger partial charge < -0.3 is 15.4 Å². The Kier molecular flexibility index (Phi) is 7.97. The van der Waals surface area contributed by atoms with Crippen LogP contribution < -0.4 is 15.4 Å². The summed E-state index contributed by atoms with van der Waals surface area (Å²) in [5, 5.41) is 11.9. The van der Waals surface area contributed by atoms with Crippen LogP contribution in [0.3, 0.4) is 0 Å². The van der Waals surface area contributed by atoms with E-state index in [1.54, 1.807) is 41.5 Å². The van der Waals surface area contributed by atoms with Crippen LogP contribution in [0.4, 0.5) is 15.9 Å². The number of hydrogen-bond acceptors (Lipinski definition) is 8. The summed E-state index contributed by atoms with van der Waals surface area (Å²) in [6, 6.07) is 12.3. The van der Waals surface area contributed by atoms with Crippen LogP contribution in [0, 0.1) is 12.7 Å². The summed E-state index contributed by atoms with van der Waals surface area (Å²) in [5.74, 6) is 1.53. The van der Waals surface area contributed by atoms with Crippen LogP contribution in [0.5, 0.6) is 5.75 Å². The zero-order chi connectivity index (χ0) is 29.9. The zero-order valence-corrected chi connectivity index (χ0v) is 24.8. The topological polar surface area (TPSA) is 106 Å². The molecule has 0 fully saturated rings. The lowest BCUT2D eigenvalue weighted by atomic mass is 9.95. The number of fused-ring (bicyclic) bond motifs is 5. The largest absolute Gasteiger partial charge is 0.489 e. The average Bonchev–Trinajstić information content (AvgIpc) is 3.58. The van der Waals surface area contributed by atoms with Gasteiger partial charge in [0.25, 0.3) is 0 Å². The Balaban J connectivity index is 1.22. The second-order valence-electron chi connectivity index (χ2n) is 10.2. The molecule has 0 saturated heterocycles. The summed E-state index contributed by atoms with van der Waals surface area (Å²) in [5.41, 5.74) is 5.83. The number of aromatic nitrogens is 4. The summed E-state index contributed by atoms with van der Waals surface area (Å²) in [4.78, 5) is 27.9. The molecule has 2 aromatic carbocycles. The number of ether oxygens (including phenoxy) is 1. The molecule has 0 bridgehead atoms. The van der Waals surface area contributed by atoms with E-state index >= 15 is 0 Å². The van der Waals surface area contributed by atoms with E-state index in [0.717, 1.165) is 67.6 Å². The van der Waals surface area contributed by atoms with Crippen LogP contribution in [0.1, 0.15) is 29.3 Å². The van der Waals surface area contributed by atoms with E-state index in [-0.39, 0.29) is 24.9 Å². The molecule has 6 rings (SSSR count). The highest BCUT2D eigenvalue weighted by atomic mass is 32.1. The number of anilines is 2. The maximum absolute atomic E-state index is 13.5. The van der Waals surface area contributed by atoms with Crippen molar-refractivity contribution in [1.29, 1.82) is 0 Å². The van der Waals surface area contributed by atoms with Gasteiger partial charge in [-0.2, -0.15) is 5.10 Å². The van der Waals surface area contributed by atoms with Gasteiger partial charge in [0.05, 0.1) is 11.6 Å². The molecule has 0 radical (unpaired) electrons. The van der Waals surface area contributed by atoms with Gasteiger partial charge in [-0.3, -0.25) is 14.5 Å². The fourth-order valence-corrected chi connectivity index (χ4v) is 6.47. The van der Waals surface area contributed by atoms with E-state index in [1.807, 2.05) is 50.4 Å². The Morgan fingerprint density at radius 2 is 2.09 bits per heavy atom. The molecule has 5 aromatic rings. The molecule has 0 atom stereocenters. The third-order valence-corrected chi connectivity index (χ3v) is 8.41. The second kappa shape index (κ2) is 12.1. The number of rotatable bonds is 8. The van der Waals surface area contributed by atoms with Gasteiger partial charge in [0, 0.05) is 28.9 Å². The molecule has 0 aliphatic heterocycles. The number of carbonyl (C=O) groups is 1. The van der Waals surface area contributed by atoms with Gasteiger partial charge in [-0.1, -0.05) is 18.2 Å². The van der Waals surface area contributed by atoms with Gasteiger partial charge in [0.2, 0.25) is 5.91 Å². The lowest BCUT2D eigenvalue weighted by molar-refractivity contribution is -0.120. The summed E-state index contributed by atoms with van der Waals surface area (Å²) in [7, 11) is 1.64. The van der Waals surface area contributed by atoms with Crippen molar-refractivity contribution >= 4 is 44.8 Å². The third kappa shape index (κ3) is 5.89. The van der Waals surface area contributed by atoms with E-state index < -0.39 is 0 Å². The summed E-state index contributed by atoms with van der Waals surface area (Å²) in [6.07, 6.45) is 8.52. The molecule has 2 N–H and O–H groups in total. The number of thiophene rings is 1. The number of carbonyl (C=O) groups excluding carboxylic acids is 1.